The first-order valence-electron chi connectivity index (χ1n) is 7.48. The summed E-state index contributed by atoms with van der Waals surface area (Å²) in [6, 6.07) is 15.2. The number of carbonyl (C=O) groups is 2. The van der Waals surface area contributed by atoms with E-state index in [0.29, 0.717) is 0 Å². The van der Waals surface area contributed by atoms with Gasteiger partial charge in [-0.2, -0.15) is 5.26 Å². The van der Waals surface area contributed by atoms with Crippen LogP contribution in [0.2, 0.25) is 0 Å². The van der Waals surface area contributed by atoms with Crippen LogP contribution < -0.4 is 5.32 Å². The number of fused-ring (bicyclic) bond motifs is 1. The third-order valence-electron chi connectivity index (χ3n) is 4.28. The van der Waals surface area contributed by atoms with E-state index in [2.05, 4.69) is 11.4 Å². The average Bonchev–Trinajstić information content (AvgIpc) is 2.78. The molecule has 1 fully saturated rings. The van der Waals surface area contributed by atoms with Crippen molar-refractivity contribution >= 4 is 22.7 Å². The van der Waals surface area contributed by atoms with E-state index in [1.165, 1.54) is 0 Å². The molecule has 1 N–H and O–H groups in total. The van der Waals surface area contributed by atoms with Crippen molar-refractivity contribution in [3.63, 3.8) is 0 Å². The van der Waals surface area contributed by atoms with Crippen molar-refractivity contribution in [2.45, 2.75) is 19.4 Å². The molecule has 2 aromatic carbocycles. The van der Waals surface area contributed by atoms with E-state index in [-0.39, 0.29) is 12.5 Å². The van der Waals surface area contributed by atoms with Gasteiger partial charge in [-0.3, -0.25) is 9.69 Å². The molecule has 1 heterocycles. The molecule has 2 aromatic rings. The number of nitriles is 1. The van der Waals surface area contributed by atoms with Crippen molar-refractivity contribution in [1.29, 1.82) is 5.26 Å². The molecule has 0 bridgehead atoms. The van der Waals surface area contributed by atoms with Crippen molar-refractivity contribution in [2.75, 3.05) is 6.54 Å². The van der Waals surface area contributed by atoms with Crippen LogP contribution in [0, 0.1) is 17.2 Å². The van der Waals surface area contributed by atoms with E-state index in [0.717, 1.165) is 21.2 Å². The first-order valence-corrected chi connectivity index (χ1v) is 7.48. The molecule has 0 spiro atoms. The lowest BCUT2D eigenvalue weighted by molar-refractivity contribution is -0.131. The molecule has 116 valence electrons. The van der Waals surface area contributed by atoms with Gasteiger partial charge in [0.1, 0.15) is 5.54 Å². The lowest BCUT2D eigenvalue weighted by atomic mass is 9.90. The highest BCUT2D eigenvalue weighted by Gasteiger charge is 2.49. The summed E-state index contributed by atoms with van der Waals surface area (Å²) in [6.45, 7) is 3.49. The number of benzene rings is 2. The standard InChI is InChI=1S/C18H17N3O2/c1-12(10-19)11-21-16(22)18(2,20-17(21)23)15-8-7-13-5-3-4-6-14(13)9-15/h3-9,12H,11H2,1-2H3,(H,20,23)/t12-,18-/m1/s1. The van der Waals surface area contributed by atoms with Crippen LogP contribution in [0.15, 0.2) is 42.5 Å². The van der Waals surface area contributed by atoms with Gasteiger partial charge in [0.15, 0.2) is 0 Å². The number of hydrogen-bond donors (Lipinski definition) is 1. The predicted octanol–water partition coefficient (Wildman–Crippen LogP) is 2.77. The molecule has 5 heteroatoms. The third kappa shape index (κ3) is 2.42. The summed E-state index contributed by atoms with van der Waals surface area (Å²) in [6.07, 6.45) is 0. The van der Waals surface area contributed by atoms with Gasteiger partial charge in [-0.15, -0.1) is 0 Å². The number of rotatable bonds is 3. The topological polar surface area (TPSA) is 73.2 Å². The molecule has 0 radical (unpaired) electrons. The lowest BCUT2D eigenvalue weighted by Crippen LogP contribution is -2.41. The van der Waals surface area contributed by atoms with Gasteiger partial charge in [0.2, 0.25) is 0 Å². The fourth-order valence-corrected chi connectivity index (χ4v) is 2.87. The molecule has 0 unspecified atom stereocenters. The monoisotopic (exact) mass is 307 g/mol. The van der Waals surface area contributed by atoms with Gasteiger partial charge in [0.05, 0.1) is 12.0 Å². The number of nitrogens with one attached hydrogen (secondary N) is 1. The summed E-state index contributed by atoms with van der Waals surface area (Å²) in [5, 5.41) is 13.8. The van der Waals surface area contributed by atoms with Crippen LogP contribution in [-0.2, 0) is 10.3 Å². The largest absolute Gasteiger partial charge is 0.325 e. The highest BCUT2D eigenvalue weighted by atomic mass is 16.2. The van der Waals surface area contributed by atoms with Crippen molar-refractivity contribution in [3.05, 3.63) is 48.0 Å². The second-order valence-electron chi connectivity index (χ2n) is 6.06. The zero-order valence-corrected chi connectivity index (χ0v) is 13.0. The van der Waals surface area contributed by atoms with Gasteiger partial charge in [-0.25, -0.2) is 4.79 Å². The van der Waals surface area contributed by atoms with Gasteiger partial charge < -0.3 is 5.32 Å². The SMILES string of the molecule is C[C@H](C#N)CN1C(=O)N[C@](C)(c2ccc3ccccc3c2)C1=O. The summed E-state index contributed by atoms with van der Waals surface area (Å²) in [7, 11) is 0. The van der Waals surface area contributed by atoms with E-state index in [1.807, 2.05) is 42.5 Å². The Bertz CT molecular complexity index is 840. The number of carbonyl (C=O) groups excluding carboxylic acids is 2. The van der Waals surface area contributed by atoms with Gasteiger partial charge in [0.25, 0.3) is 5.91 Å². The quantitative estimate of drug-likeness (QED) is 0.886. The summed E-state index contributed by atoms with van der Waals surface area (Å²) in [5.74, 6) is -0.719. The maximum absolute atomic E-state index is 12.8. The minimum absolute atomic E-state index is 0.102. The maximum atomic E-state index is 12.8. The Morgan fingerprint density at radius 1 is 1.22 bits per heavy atom. The van der Waals surface area contributed by atoms with E-state index >= 15 is 0 Å². The summed E-state index contributed by atoms with van der Waals surface area (Å²) >= 11 is 0. The van der Waals surface area contributed by atoms with Gasteiger partial charge in [0, 0.05) is 6.54 Å². The van der Waals surface area contributed by atoms with Crippen molar-refractivity contribution < 1.29 is 9.59 Å². The van der Waals surface area contributed by atoms with Crippen LogP contribution in [-0.4, -0.2) is 23.4 Å². The summed E-state index contributed by atoms with van der Waals surface area (Å²) in [5.41, 5.74) is -0.363. The summed E-state index contributed by atoms with van der Waals surface area (Å²) in [4.78, 5) is 26.1. The Kier molecular flexibility index (Phi) is 3.53. The highest BCUT2D eigenvalue weighted by Crippen LogP contribution is 2.31. The van der Waals surface area contributed by atoms with E-state index in [9.17, 15) is 9.59 Å². The average molecular weight is 307 g/mol. The Balaban J connectivity index is 1.99. The number of imide groups is 1. The first-order chi connectivity index (χ1) is 11.0. The Morgan fingerprint density at radius 2 is 1.91 bits per heavy atom. The first kappa shape index (κ1) is 15.0. The molecule has 0 aliphatic carbocycles. The zero-order chi connectivity index (χ0) is 16.6. The molecule has 1 aliphatic heterocycles. The lowest BCUT2D eigenvalue weighted by Gasteiger charge is -2.23. The molecule has 1 saturated heterocycles. The molecule has 5 nitrogen and oxygen atoms in total. The van der Waals surface area contributed by atoms with Crippen LogP contribution >= 0.6 is 0 Å². The summed E-state index contributed by atoms with van der Waals surface area (Å²) < 4.78 is 0. The molecule has 2 atom stereocenters. The normalized spacial score (nSPS) is 22.0. The molecule has 23 heavy (non-hydrogen) atoms. The van der Waals surface area contributed by atoms with Crippen LogP contribution in [0.25, 0.3) is 10.8 Å². The molecular formula is C18H17N3O2. The Hall–Kier alpha value is -2.87. The van der Waals surface area contributed by atoms with Crippen molar-refractivity contribution in [2.24, 2.45) is 5.92 Å². The molecular weight excluding hydrogens is 290 g/mol. The van der Waals surface area contributed by atoms with Gasteiger partial charge in [-0.05, 0) is 36.2 Å². The van der Waals surface area contributed by atoms with Crippen LogP contribution in [0.1, 0.15) is 19.4 Å². The van der Waals surface area contributed by atoms with Gasteiger partial charge >= 0.3 is 6.03 Å². The maximum Gasteiger partial charge on any atom is 0.325 e. The van der Waals surface area contributed by atoms with Crippen LogP contribution in [0.5, 0.6) is 0 Å². The molecule has 1 aliphatic rings. The van der Waals surface area contributed by atoms with E-state index in [1.54, 1.807) is 13.8 Å². The number of amides is 3. The molecule has 0 saturated carbocycles. The third-order valence-corrected chi connectivity index (χ3v) is 4.28. The zero-order valence-electron chi connectivity index (χ0n) is 13.0. The fourth-order valence-electron chi connectivity index (χ4n) is 2.87. The minimum Gasteiger partial charge on any atom is -0.319 e. The Labute approximate surface area is 134 Å². The van der Waals surface area contributed by atoms with Crippen LogP contribution in [0.4, 0.5) is 4.79 Å². The number of urea groups is 1. The fraction of sp³-hybridized carbons (Fsp3) is 0.278. The Morgan fingerprint density at radius 3 is 2.61 bits per heavy atom. The van der Waals surface area contributed by atoms with E-state index < -0.39 is 17.5 Å². The molecule has 3 rings (SSSR count). The number of hydrogen-bond acceptors (Lipinski definition) is 3. The highest BCUT2D eigenvalue weighted by molar-refractivity contribution is 6.07. The molecule has 0 aromatic heterocycles. The molecule has 3 amide bonds. The van der Waals surface area contributed by atoms with Gasteiger partial charge in [-0.1, -0.05) is 36.4 Å². The van der Waals surface area contributed by atoms with Crippen LogP contribution in [0.3, 0.4) is 0 Å². The van der Waals surface area contributed by atoms with Crippen molar-refractivity contribution in [1.82, 2.24) is 10.2 Å². The minimum atomic E-state index is -1.10. The second kappa shape index (κ2) is 5.40. The second-order valence-corrected chi connectivity index (χ2v) is 6.06. The van der Waals surface area contributed by atoms with E-state index in [4.69, 9.17) is 5.26 Å². The smallest absolute Gasteiger partial charge is 0.319 e. The number of nitrogens with zero attached hydrogens (tertiary/aromatic N) is 2. The predicted molar refractivity (Wildman–Crippen MR) is 86.3 cm³/mol. The van der Waals surface area contributed by atoms with Crippen molar-refractivity contribution in [3.8, 4) is 6.07 Å².